The second kappa shape index (κ2) is 8.00. The summed E-state index contributed by atoms with van der Waals surface area (Å²) in [6.07, 6.45) is 0. The van der Waals surface area contributed by atoms with Crippen LogP contribution >= 0.6 is 11.6 Å². The van der Waals surface area contributed by atoms with Gasteiger partial charge in [0.1, 0.15) is 0 Å². The van der Waals surface area contributed by atoms with Crippen LogP contribution in [0, 0.1) is 0 Å². The van der Waals surface area contributed by atoms with Gasteiger partial charge in [-0.1, -0.05) is 23.7 Å². The van der Waals surface area contributed by atoms with Crippen LogP contribution in [-0.4, -0.2) is 56.1 Å². The zero-order chi connectivity index (χ0) is 15.9. The summed E-state index contributed by atoms with van der Waals surface area (Å²) in [6, 6.07) is 7.31. The van der Waals surface area contributed by atoms with Crippen LogP contribution in [0.4, 0.5) is 10.5 Å². The number of hydrogen-bond acceptors (Lipinski definition) is 4. The Bertz CT molecular complexity index is 530. The summed E-state index contributed by atoms with van der Waals surface area (Å²) in [5.41, 5.74) is 1.02. The number of benzene rings is 1. The van der Waals surface area contributed by atoms with Crippen LogP contribution in [0.25, 0.3) is 0 Å². The second-order valence-electron chi connectivity index (χ2n) is 5.12. The quantitative estimate of drug-likeness (QED) is 0.876. The molecule has 3 amide bonds. The predicted molar refractivity (Wildman–Crippen MR) is 87.3 cm³/mol. The Morgan fingerprint density at radius 3 is 2.50 bits per heavy atom. The van der Waals surface area contributed by atoms with Crippen molar-refractivity contribution in [3.63, 3.8) is 0 Å². The first-order valence-electron chi connectivity index (χ1n) is 7.39. The molecule has 120 valence electrons. The van der Waals surface area contributed by atoms with Crippen molar-refractivity contribution in [2.75, 3.05) is 44.2 Å². The molecule has 0 aliphatic carbocycles. The summed E-state index contributed by atoms with van der Waals surface area (Å²) in [4.78, 5) is 27.3. The average Bonchev–Trinajstić information content (AvgIpc) is 2.49. The third-order valence-electron chi connectivity index (χ3n) is 3.52. The number of carbonyl (C=O) groups excluding carboxylic acids is 2. The number of rotatable bonds is 4. The number of nitrogens with one attached hydrogen (secondary N) is 2. The van der Waals surface area contributed by atoms with E-state index in [9.17, 15) is 9.59 Å². The highest BCUT2D eigenvalue weighted by molar-refractivity contribution is 6.33. The molecular weight excluding hydrogens is 304 g/mol. The molecule has 1 aromatic rings. The zero-order valence-electron chi connectivity index (χ0n) is 12.6. The van der Waals surface area contributed by atoms with Gasteiger partial charge in [-0.15, -0.1) is 0 Å². The molecule has 6 nitrogen and oxygen atoms in total. The minimum atomic E-state index is -0.442. The summed E-state index contributed by atoms with van der Waals surface area (Å²) < 4.78 is 0. The molecule has 0 radical (unpaired) electrons. The third kappa shape index (κ3) is 4.61. The fourth-order valence-electron chi connectivity index (χ4n) is 2.43. The summed E-state index contributed by atoms with van der Waals surface area (Å²) in [5, 5.41) is 5.59. The van der Waals surface area contributed by atoms with Crippen molar-refractivity contribution >= 4 is 29.2 Å². The fraction of sp³-hybridized carbons (Fsp3) is 0.467. The Morgan fingerprint density at radius 2 is 1.86 bits per heavy atom. The van der Waals surface area contributed by atoms with Crippen molar-refractivity contribution in [3.05, 3.63) is 29.3 Å². The van der Waals surface area contributed by atoms with Crippen LogP contribution in [-0.2, 0) is 4.79 Å². The Morgan fingerprint density at radius 1 is 1.18 bits per heavy atom. The number of halogens is 1. The maximum Gasteiger partial charge on any atom is 0.321 e. The van der Waals surface area contributed by atoms with Crippen molar-refractivity contribution in [1.29, 1.82) is 0 Å². The van der Waals surface area contributed by atoms with Crippen LogP contribution < -0.4 is 15.5 Å². The molecule has 0 spiro atoms. The van der Waals surface area contributed by atoms with Crippen molar-refractivity contribution in [3.8, 4) is 0 Å². The summed E-state index contributed by atoms with van der Waals surface area (Å²) in [5.74, 6) is -0.280. The van der Waals surface area contributed by atoms with E-state index in [1.807, 2.05) is 29.2 Å². The maximum absolute atomic E-state index is 11.8. The number of imide groups is 1. The highest BCUT2D eigenvalue weighted by atomic mass is 35.5. The fourth-order valence-corrected chi connectivity index (χ4v) is 2.68. The van der Waals surface area contributed by atoms with Crippen LogP contribution in [0.2, 0.25) is 5.02 Å². The van der Waals surface area contributed by atoms with Crippen molar-refractivity contribution in [2.45, 2.75) is 6.92 Å². The molecule has 0 bridgehead atoms. The molecule has 22 heavy (non-hydrogen) atoms. The summed E-state index contributed by atoms with van der Waals surface area (Å²) >= 11 is 6.20. The van der Waals surface area contributed by atoms with E-state index in [0.717, 1.165) is 36.9 Å². The number of carbonyl (C=O) groups is 2. The highest BCUT2D eigenvalue weighted by Crippen LogP contribution is 2.25. The molecule has 1 aromatic carbocycles. The van der Waals surface area contributed by atoms with E-state index < -0.39 is 6.03 Å². The third-order valence-corrected chi connectivity index (χ3v) is 3.84. The molecule has 2 rings (SSSR count). The van der Waals surface area contributed by atoms with Crippen molar-refractivity contribution < 1.29 is 9.59 Å². The number of piperazine rings is 1. The van der Waals surface area contributed by atoms with E-state index in [1.165, 1.54) is 0 Å². The Kier molecular flexibility index (Phi) is 6.03. The topological polar surface area (TPSA) is 64.7 Å². The van der Waals surface area contributed by atoms with Crippen LogP contribution in [0.5, 0.6) is 0 Å². The first-order valence-corrected chi connectivity index (χ1v) is 7.77. The van der Waals surface area contributed by atoms with Crippen LogP contribution in [0.1, 0.15) is 6.92 Å². The van der Waals surface area contributed by atoms with Gasteiger partial charge in [-0.25, -0.2) is 4.79 Å². The molecule has 1 fully saturated rings. The van der Waals surface area contributed by atoms with Crippen molar-refractivity contribution in [2.24, 2.45) is 0 Å². The van der Waals surface area contributed by atoms with E-state index in [4.69, 9.17) is 11.6 Å². The van der Waals surface area contributed by atoms with E-state index >= 15 is 0 Å². The average molecular weight is 325 g/mol. The van der Waals surface area contributed by atoms with E-state index in [2.05, 4.69) is 15.5 Å². The second-order valence-corrected chi connectivity index (χ2v) is 5.53. The van der Waals surface area contributed by atoms with Gasteiger partial charge in [0.05, 0.1) is 17.3 Å². The lowest BCUT2D eigenvalue weighted by Gasteiger charge is -2.36. The zero-order valence-corrected chi connectivity index (χ0v) is 13.4. The molecule has 1 aliphatic rings. The lowest BCUT2D eigenvalue weighted by molar-refractivity contribution is -0.121. The Hall–Kier alpha value is -1.79. The molecule has 0 aromatic heterocycles. The van der Waals surface area contributed by atoms with Gasteiger partial charge in [-0.2, -0.15) is 0 Å². The highest BCUT2D eigenvalue weighted by Gasteiger charge is 2.20. The molecule has 1 heterocycles. The van der Waals surface area contributed by atoms with Gasteiger partial charge in [0.15, 0.2) is 0 Å². The number of amides is 3. The lowest BCUT2D eigenvalue weighted by atomic mass is 10.2. The maximum atomic E-state index is 11.8. The van der Waals surface area contributed by atoms with E-state index in [1.54, 1.807) is 6.92 Å². The number of nitrogens with zero attached hydrogens (tertiary/aromatic N) is 2. The smallest absolute Gasteiger partial charge is 0.321 e. The molecule has 1 aliphatic heterocycles. The monoisotopic (exact) mass is 324 g/mol. The molecule has 0 saturated carbocycles. The minimum Gasteiger partial charge on any atom is -0.368 e. The number of anilines is 1. The summed E-state index contributed by atoms with van der Waals surface area (Å²) in [7, 11) is 0. The predicted octanol–water partition coefficient (Wildman–Crippen LogP) is 1.31. The first-order chi connectivity index (χ1) is 10.6. The number of para-hydroxylation sites is 1. The first kappa shape index (κ1) is 16.6. The molecular formula is C15H21ClN4O2. The molecule has 7 heteroatoms. The van der Waals surface area contributed by atoms with Gasteiger partial charge in [0.25, 0.3) is 0 Å². The van der Waals surface area contributed by atoms with Gasteiger partial charge < -0.3 is 10.2 Å². The Balaban J connectivity index is 1.79. The van der Waals surface area contributed by atoms with Gasteiger partial charge in [0.2, 0.25) is 5.91 Å². The van der Waals surface area contributed by atoms with Gasteiger partial charge in [0, 0.05) is 32.7 Å². The normalized spacial score (nSPS) is 15.5. The van der Waals surface area contributed by atoms with E-state index in [-0.39, 0.29) is 12.5 Å². The number of urea groups is 1. The standard InChI is InChI=1S/C15H21ClN4O2/c1-2-17-15(22)18-14(21)11-19-7-9-20(10-8-19)13-6-4-3-5-12(13)16/h3-6H,2,7-11H2,1H3,(H2,17,18,21,22). The molecule has 0 atom stereocenters. The van der Waals surface area contributed by atoms with Crippen molar-refractivity contribution in [1.82, 2.24) is 15.5 Å². The van der Waals surface area contributed by atoms with Crippen LogP contribution in [0.3, 0.4) is 0 Å². The van der Waals surface area contributed by atoms with Gasteiger partial charge >= 0.3 is 6.03 Å². The molecule has 2 N–H and O–H groups in total. The Labute approximate surface area is 135 Å². The van der Waals surface area contributed by atoms with Gasteiger partial charge in [-0.3, -0.25) is 15.0 Å². The summed E-state index contributed by atoms with van der Waals surface area (Å²) in [6.45, 7) is 5.65. The minimum absolute atomic E-state index is 0.230. The lowest BCUT2D eigenvalue weighted by Crippen LogP contribution is -2.51. The largest absolute Gasteiger partial charge is 0.368 e. The molecule has 1 saturated heterocycles. The molecule has 0 unspecified atom stereocenters. The number of hydrogen-bond donors (Lipinski definition) is 2. The van der Waals surface area contributed by atoms with E-state index in [0.29, 0.717) is 6.54 Å². The van der Waals surface area contributed by atoms with Crippen LogP contribution in [0.15, 0.2) is 24.3 Å². The van der Waals surface area contributed by atoms with Gasteiger partial charge in [-0.05, 0) is 19.1 Å². The SMILES string of the molecule is CCNC(=O)NC(=O)CN1CCN(c2ccccc2Cl)CC1.